The molecule has 1 aromatic heterocycles. The Labute approximate surface area is 169 Å². The summed E-state index contributed by atoms with van der Waals surface area (Å²) in [6, 6.07) is 17.8. The molecule has 2 aromatic carbocycles. The highest BCUT2D eigenvalue weighted by molar-refractivity contribution is 6.30. The van der Waals surface area contributed by atoms with Gasteiger partial charge in [0.15, 0.2) is 0 Å². The van der Waals surface area contributed by atoms with Crippen molar-refractivity contribution in [3.63, 3.8) is 0 Å². The van der Waals surface area contributed by atoms with E-state index in [9.17, 15) is 4.79 Å². The van der Waals surface area contributed by atoms with Crippen molar-refractivity contribution >= 4 is 17.5 Å². The third-order valence-electron chi connectivity index (χ3n) is 5.14. The van der Waals surface area contributed by atoms with Gasteiger partial charge in [-0.05, 0) is 55.8 Å². The van der Waals surface area contributed by atoms with Gasteiger partial charge < -0.3 is 5.32 Å². The molecule has 0 spiro atoms. The predicted octanol–water partition coefficient (Wildman–Crippen LogP) is 4.09. The van der Waals surface area contributed by atoms with E-state index in [2.05, 4.69) is 21.4 Å². The molecular formula is C22H23ClN4O. The predicted molar refractivity (Wildman–Crippen MR) is 111 cm³/mol. The van der Waals surface area contributed by atoms with Crippen LogP contribution in [0.2, 0.25) is 5.02 Å². The number of benzene rings is 2. The van der Waals surface area contributed by atoms with Gasteiger partial charge >= 0.3 is 0 Å². The average molecular weight is 395 g/mol. The molecule has 1 atom stereocenters. The van der Waals surface area contributed by atoms with Gasteiger partial charge in [-0.2, -0.15) is 5.10 Å². The summed E-state index contributed by atoms with van der Waals surface area (Å²) in [4.78, 5) is 15.1. The number of amides is 1. The van der Waals surface area contributed by atoms with Gasteiger partial charge in [0.2, 0.25) is 0 Å². The maximum Gasteiger partial charge on any atom is 0.254 e. The minimum atomic E-state index is -0.117. The molecular weight excluding hydrogens is 372 g/mol. The fourth-order valence-corrected chi connectivity index (χ4v) is 3.88. The molecule has 1 N–H and O–H groups in total. The number of carbonyl (C=O) groups excluding carboxylic acids is 1. The standard InChI is InChI=1S/C22H23ClN4O/c23-19-8-6-7-17(13-19)21(26-11-4-5-12-26)15-24-22(28)18-14-25-27(16-18)20-9-2-1-3-10-20/h1-3,6-10,13-14,16,21H,4-5,11-12,15H2,(H,24,28)/t21-/m1/s1. The first-order valence-corrected chi connectivity index (χ1v) is 9.96. The maximum absolute atomic E-state index is 12.7. The highest BCUT2D eigenvalue weighted by Crippen LogP contribution is 2.26. The highest BCUT2D eigenvalue weighted by Gasteiger charge is 2.24. The summed E-state index contributed by atoms with van der Waals surface area (Å²) in [6.45, 7) is 2.62. The third kappa shape index (κ3) is 4.26. The lowest BCUT2D eigenvalue weighted by molar-refractivity contribution is 0.0938. The molecule has 28 heavy (non-hydrogen) atoms. The lowest BCUT2D eigenvalue weighted by Gasteiger charge is -2.28. The van der Waals surface area contributed by atoms with Crippen LogP contribution in [0, 0.1) is 0 Å². The number of carbonyl (C=O) groups is 1. The topological polar surface area (TPSA) is 50.2 Å². The lowest BCUT2D eigenvalue weighted by Crippen LogP contribution is -2.36. The normalized spacial score (nSPS) is 15.5. The van der Waals surface area contributed by atoms with Crippen molar-refractivity contribution in [2.45, 2.75) is 18.9 Å². The van der Waals surface area contributed by atoms with Crippen molar-refractivity contribution in [2.75, 3.05) is 19.6 Å². The van der Waals surface area contributed by atoms with Crippen molar-refractivity contribution in [1.29, 1.82) is 0 Å². The third-order valence-corrected chi connectivity index (χ3v) is 5.37. The Morgan fingerprint density at radius 2 is 1.89 bits per heavy atom. The SMILES string of the molecule is O=C(NC[C@H](c1cccc(Cl)c1)N1CCCC1)c1cnn(-c2ccccc2)c1. The van der Waals surface area contributed by atoms with Crippen LogP contribution < -0.4 is 5.32 Å². The first kappa shape index (κ1) is 18.7. The number of aromatic nitrogens is 2. The van der Waals surface area contributed by atoms with E-state index in [1.54, 1.807) is 17.1 Å². The summed E-state index contributed by atoms with van der Waals surface area (Å²) in [7, 11) is 0. The molecule has 5 nitrogen and oxygen atoms in total. The molecule has 144 valence electrons. The number of nitrogens with one attached hydrogen (secondary N) is 1. The first-order chi connectivity index (χ1) is 13.7. The molecule has 2 heterocycles. The van der Waals surface area contributed by atoms with Gasteiger partial charge in [-0.15, -0.1) is 0 Å². The molecule has 0 unspecified atom stereocenters. The van der Waals surface area contributed by atoms with Crippen LogP contribution in [0.1, 0.15) is 34.8 Å². The van der Waals surface area contributed by atoms with Crippen LogP contribution in [0.4, 0.5) is 0 Å². The largest absolute Gasteiger partial charge is 0.350 e. The van der Waals surface area contributed by atoms with Crippen molar-refractivity contribution in [2.24, 2.45) is 0 Å². The number of para-hydroxylation sites is 1. The van der Waals surface area contributed by atoms with E-state index < -0.39 is 0 Å². The van der Waals surface area contributed by atoms with Crippen LogP contribution in [-0.4, -0.2) is 40.2 Å². The van der Waals surface area contributed by atoms with Gasteiger partial charge in [0.25, 0.3) is 5.91 Å². The molecule has 0 radical (unpaired) electrons. The Hall–Kier alpha value is -2.63. The fraction of sp³-hybridized carbons (Fsp3) is 0.273. The number of rotatable bonds is 6. The number of hydrogen-bond acceptors (Lipinski definition) is 3. The molecule has 1 fully saturated rings. The number of likely N-dealkylation sites (tertiary alicyclic amines) is 1. The summed E-state index contributed by atoms with van der Waals surface area (Å²) in [5, 5.41) is 8.11. The van der Waals surface area contributed by atoms with Crippen molar-refractivity contribution in [1.82, 2.24) is 20.0 Å². The Balaban J connectivity index is 1.46. The van der Waals surface area contributed by atoms with E-state index in [1.807, 2.05) is 48.5 Å². The minimum absolute atomic E-state index is 0.117. The molecule has 0 saturated carbocycles. The van der Waals surface area contributed by atoms with Crippen molar-refractivity contribution in [3.8, 4) is 5.69 Å². The number of halogens is 1. The summed E-state index contributed by atoms with van der Waals surface area (Å²) in [6.07, 6.45) is 5.74. The van der Waals surface area contributed by atoms with E-state index in [4.69, 9.17) is 11.6 Å². The molecule has 1 aliphatic rings. The van der Waals surface area contributed by atoms with E-state index in [-0.39, 0.29) is 11.9 Å². The lowest BCUT2D eigenvalue weighted by atomic mass is 10.1. The van der Waals surface area contributed by atoms with E-state index >= 15 is 0 Å². The van der Waals surface area contributed by atoms with Crippen LogP contribution in [0.5, 0.6) is 0 Å². The van der Waals surface area contributed by atoms with Gasteiger partial charge in [0, 0.05) is 17.8 Å². The molecule has 3 aromatic rings. The zero-order valence-corrected chi connectivity index (χ0v) is 16.3. The second-order valence-corrected chi connectivity index (χ2v) is 7.47. The minimum Gasteiger partial charge on any atom is -0.350 e. The summed E-state index contributed by atoms with van der Waals surface area (Å²) < 4.78 is 1.71. The van der Waals surface area contributed by atoms with E-state index in [0.29, 0.717) is 12.1 Å². The second-order valence-electron chi connectivity index (χ2n) is 7.03. The van der Waals surface area contributed by atoms with Crippen LogP contribution in [-0.2, 0) is 0 Å². The molecule has 4 rings (SSSR count). The number of hydrogen-bond donors (Lipinski definition) is 1. The first-order valence-electron chi connectivity index (χ1n) is 9.58. The molecule has 6 heteroatoms. The average Bonchev–Trinajstić information content (AvgIpc) is 3.41. The van der Waals surface area contributed by atoms with Gasteiger partial charge in [-0.1, -0.05) is 41.9 Å². The quantitative estimate of drug-likeness (QED) is 0.685. The maximum atomic E-state index is 12.7. The highest BCUT2D eigenvalue weighted by atomic mass is 35.5. The van der Waals surface area contributed by atoms with Crippen LogP contribution >= 0.6 is 11.6 Å². The number of nitrogens with zero attached hydrogens (tertiary/aromatic N) is 3. The van der Waals surface area contributed by atoms with Crippen molar-refractivity contribution < 1.29 is 4.79 Å². The van der Waals surface area contributed by atoms with E-state index in [0.717, 1.165) is 29.4 Å². The van der Waals surface area contributed by atoms with Gasteiger partial charge in [0.1, 0.15) is 0 Å². The summed E-state index contributed by atoms with van der Waals surface area (Å²) in [5.74, 6) is -0.117. The van der Waals surface area contributed by atoms with Crippen molar-refractivity contribution in [3.05, 3.63) is 83.1 Å². The van der Waals surface area contributed by atoms with Gasteiger partial charge in [-0.3, -0.25) is 9.69 Å². The van der Waals surface area contributed by atoms with Gasteiger partial charge in [0.05, 0.1) is 23.5 Å². The van der Waals surface area contributed by atoms with Crippen LogP contribution in [0.25, 0.3) is 5.69 Å². The second kappa shape index (κ2) is 8.59. The molecule has 0 aliphatic carbocycles. The molecule has 1 aliphatic heterocycles. The smallest absolute Gasteiger partial charge is 0.254 e. The van der Waals surface area contributed by atoms with Crippen LogP contribution in [0.3, 0.4) is 0 Å². The zero-order chi connectivity index (χ0) is 19.3. The van der Waals surface area contributed by atoms with Gasteiger partial charge in [-0.25, -0.2) is 4.68 Å². The molecule has 0 bridgehead atoms. The summed E-state index contributed by atoms with van der Waals surface area (Å²) >= 11 is 6.20. The zero-order valence-electron chi connectivity index (χ0n) is 15.6. The van der Waals surface area contributed by atoms with E-state index in [1.165, 1.54) is 12.8 Å². The Morgan fingerprint density at radius 3 is 2.64 bits per heavy atom. The Kier molecular flexibility index (Phi) is 5.74. The summed E-state index contributed by atoms with van der Waals surface area (Å²) in [5.41, 5.74) is 2.61. The fourth-order valence-electron chi connectivity index (χ4n) is 3.68. The monoisotopic (exact) mass is 394 g/mol. The Morgan fingerprint density at radius 1 is 1.11 bits per heavy atom. The Bertz CT molecular complexity index is 934. The van der Waals surface area contributed by atoms with Crippen LogP contribution in [0.15, 0.2) is 67.0 Å². The molecule has 1 saturated heterocycles. The molecule has 1 amide bonds.